The molecular weight excluding hydrogens is 228 g/mol. The lowest BCUT2D eigenvalue weighted by atomic mass is 9.97. The van der Waals surface area contributed by atoms with Gasteiger partial charge in [-0.1, -0.05) is 25.9 Å². The second kappa shape index (κ2) is 5.26. The maximum Gasteiger partial charge on any atom is 0.315 e. The van der Waals surface area contributed by atoms with E-state index in [9.17, 15) is 0 Å². The third kappa shape index (κ3) is 3.22. The number of nitrogens with one attached hydrogen (secondary N) is 1. The van der Waals surface area contributed by atoms with Gasteiger partial charge in [-0.3, -0.25) is 0 Å². The van der Waals surface area contributed by atoms with Gasteiger partial charge in [0.05, 0.1) is 0 Å². The van der Waals surface area contributed by atoms with E-state index in [4.69, 9.17) is 4.42 Å². The Morgan fingerprint density at radius 1 is 1.39 bits per heavy atom. The van der Waals surface area contributed by atoms with Crippen LogP contribution in [-0.4, -0.2) is 41.3 Å². The molecule has 1 aromatic heterocycles. The highest BCUT2D eigenvalue weighted by atomic mass is 16.4. The van der Waals surface area contributed by atoms with Crippen molar-refractivity contribution in [1.29, 1.82) is 0 Å². The predicted octanol–water partition coefficient (Wildman–Crippen LogP) is 2.26. The molecule has 0 saturated carbocycles. The fourth-order valence-electron chi connectivity index (χ4n) is 2.29. The number of likely N-dealkylation sites (tertiary alicyclic amines) is 1. The summed E-state index contributed by atoms with van der Waals surface area (Å²) in [6.45, 7) is 8.31. The van der Waals surface area contributed by atoms with Gasteiger partial charge in [0, 0.05) is 18.0 Å². The van der Waals surface area contributed by atoms with E-state index in [1.165, 1.54) is 19.4 Å². The maximum atomic E-state index is 5.59. The van der Waals surface area contributed by atoms with Crippen molar-refractivity contribution in [3.8, 4) is 0 Å². The lowest BCUT2D eigenvalue weighted by Gasteiger charge is -2.18. The first-order chi connectivity index (χ1) is 8.47. The van der Waals surface area contributed by atoms with E-state index in [1.807, 2.05) is 0 Å². The summed E-state index contributed by atoms with van der Waals surface area (Å²) in [5.41, 5.74) is -0.0847. The monoisotopic (exact) mass is 252 g/mol. The van der Waals surface area contributed by atoms with Crippen LogP contribution in [0.4, 0.5) is 6.01 Å². The normalized spacial score (nSPS) is 21.4. The summed E-state index contributed by atoms with van der Waals surface area (Å²) < 4.78 is 5.59. The predicted molar refractivity (Wildman–Crippen MR) is 71.8 cm³/mol. The second-order valence-electron chi connectivity index (χ2n) is 6.15. The third-order valence-electron chi connectivity index (χ3n) is 3.49. The molecule has 1 aliphatic heterocycles. The van der Waals surface area contributed by atoms with Crippen molar-refractivity contribution in [3.63, 3.8) is 0 Å². The molecule has 2 rings (SSSR count). The summed E-state index contributed by atoms with van der Waals surface area (Å²) in [5.74, 6) is 0.683. The Hall–Kier alpha value is -1.10. The van der Waals surface area contributed by atoms with Crippen LogP contribution in [-0.2, 0) is 5.41 Å². The van der Waals surface area contributed by atoms with Crippen LogP contribution < -0.4 is 5.32 Å². The Morgan fingerprint density at radius 3 is 2.72 bits per heavy atom. The zero-order valence-corrected chi connectivity index (χ0v) is 11.9. The fraction of sp³-hybridized carbons (Fsp3) is 0.846. The van der Waals surface area contributed by atoms with E-state index in [2.05, 4.69) is 48.2 Å². The molecular formula is C13H24N4O. The van der Waals surface area contributed by atoms with Gasteiger partial charge in [0.25, 0.3) is 0 Å². The molecule has 0 radical (unpaired) electrons. The van der Waals surface area contributed by atoms with Crippen molar-refractivity contribution < 1.29 is 4.42 Å². The van der Waals surface area contributed by atoms with Crippen molar-refractivity contribution in [1.82, 2.24) is 15.1 Å². The van der Waals surface area contributed by atoms with Gasteiger partial charge in [-0.15, -0.1) is 5.10 Å². The van der Waals surface area contributed by atoms with Crippen LogP contribution in [0.1, 0.15) is 45.9 Å². The molecule has 5 nitrogen and oxygen atoms in total. The van der Waals surface area contributed by atoms with Crippen LogP contribution in [0.2, 0.25) is 0 Å². The molecule has 1 aromatic rings. The molecule has 18 heavy (non-hydrogen) atoms. The molecule has 1 N–H and O–H groups in total. The van der Waals surface area contributed by atoms with E-state index in [0.29, 0.717) is 17.9 Å². The van der Waals surface area contributed by atoms with Crippen LogP contribution in [0.25, 0.3) is 0 Å². The van der Waals surface area contributed by atoms with Gasteiger partial charge in [-0.2, -0.15) is 0 Å². The first kappa shape index (κ1) is 13.3. The van der Waals surface area contributed by atoms with Crippen LogP contribution >= 0.6 is 0 Å². The van der Waals surface area contributed by atoms with E-state index >= 15 is 0 Å². The van der Waals surface area contributed by atoms with Gasteiger partial charge >= 0.3 is 6.01 Å². The minimum absolute atomic E-state index is 0.0847. The van der Waals surface area contributed by atoms with E-state index in [1.54, 1.807) is 0 Å². The lowest BCUT2D eigenvalue weighted by molar-refractivity contribution is 0.300. The molecule has 0 aromatic carbocycles. The average molecular weight is 252 g/mol. The molecule has 1 atom stereocenters. The Bertz CT molecular complexity index is 383. The van der Waals surface area contributed by atoms with Gasteiger partial charge in [0.1, 0.15) is 0 Å². The Labute approximate surface area is 109 Å². The highest BCUT2D eigenvalue weighted by Gasteiger charge is 2.22. The molecule has 102 valence electrons. The summed E-state index contributed by atoms with van der Waals surface area (Å²) in [6.07, 6.45) is 3.74. The first-order valence-corrected chi connectivity index (χ1v) is 6.75. The Morgan fingerprint density at radius 2 is 2.17 bits per heavy atom. The first-order valence-electron chi connectivity index (χ1n) is 6.75. The number of anilines is 1. The topological polar surface area (TPSA) is 54.2 Å². The molecule has 0 aliphatic carbocycles. The summed E-state index contributed by atoms with van der Waals surface area (Å²) in [5, 5.41) is 11.3. The highest BCUT2D eigenvalue weighted by Crippen LogP contribution is 2.22. The minimum atomic E-state index is -0.0847. The Kier molecular flexibility index (Phi) is 3.90. The number of hydrogen-bond acceptors (Lipinski definition) is 5. The standard InChI is InChI=1S/C13H24N4O/c1-13(2,3)11-15-16-12(18-11)14-8-7-10-6-5-9-17(10)4/h10H,5-9H2,1-4H3,(H,14,16)/t10-/m1/s1. The summed E-state index contributed by atoms with van der Waals surface area (Å²) in [6, 6.07) is 1.24. The number of hydrogen-bond donors (Lipinski definition) is 1. The summed E-state index contributed by atoms with van der Waals surface area (Å²) >= 11 is 0. The van der Waals surface area contributed by atoms with E-state index < -0.39 is 0 Å². The van der Waals surface area contributed by atoms with Gasteiger partial charge in [0.2, 0.25) is 5.89 Å². The van der Waals surface area contributed by atoms with Crippen molar-refractivity contribution >= 4 is 6.01 Å². The van der Waals surface area contributed by atoms with E-state index in [0.717, 1.165) is 13.0 Å². The molecule has 0 amide bonds. The van der Waals surface area contributed by atoms with Crippen molar-refractivity contribution in [2.75, 3.05) is 25.5 Å². The van der Waals surface area contributed by atoms with E-state index in [-0.39, 0.29) is 5.41 Å². The van der Waals surface area contributed by atoms with Crippen LogP contribution in [0, 0.1) is 0 Å². The smallest absolute Gasteiger partial charge is 0.315 e. The largest absolute Gasteiger partial charge is 0.408 e. The zero-order valence-electron chi connectivity index (χ0n) is 11.9. The van der Waals surface area contributed by atoms with Crippen molar-refractivity contribution in [2.24, 2.45) is 0 Å². The third-order valence-corrected chi connectivity index (χ3v) is 3.49. The fourth-order valence-corrected chi connectivity index (χ4v) is 2.29. The van der Waals surface area contributed by atoms with Gasteiger partial charge < -0.3 is 14.6 Å². The van der Waals surface area contributed by atoms with Crippen LogP contribution in [0.5, 0.6) is 0 Å². The van der Waals surface area contributed by atoms with Crippen molar-refractivity contribution in [3.05, 3.63) is 5.89 Å². The molecule has 5 heteroatoms. The van der Waals surface area contributed by atoms with Crippen molar-refractivity contribution in [2.45, 2.75) is 51.5 Å². The number of aromatic nitrogens is 2. The molecule has 1 saturated heterocycles. The summed E-state index contributed by atoms with van der Waals surface area (Å²) in [7, 11) is 2.20. The quantitative estimate of drug-likeness (QED) is 0.891. The molecule has 0 bridgehead atoms. The molecule has 0 spiro atoms. The van der Waals surface area contributed by atoms with Gasteiger partial charge in [-0.25, -0.2) is 0 Å². The molecule has 1 aliphatic rings. The SMILES string of the molecule is CN1CCC[C@@H]1CCNc1nnc(C(C)(C)C)o1. The highest BCUT2D eigenvalue weighted by molar-refractivity contribution is 5.18. The lowest BCUT2D eigenvalue weighted by Crippen LogP contribution is -2.26. The number of rotatable bonds is 4. The van der Waals surface area contributed by atoms with Gasteiger partial charge in [-0.05, 0) is 32.9 Å². The molecule has 1 fully saturated rings. The van der Waals surface area contributed by atoms with Crippen LogP contribution in [0.15, 0.2) is 4.42 Å². The average Bonchev–Trinajstić information content (AvgIpc) is 2.88. The number of nitrogens with zero attached hydrogens (tertiary/aromatic N) is 3. The van der Waals surface area contributed by atoms with Crippen LogP contribution in [0.3, 0.4) is 0 Å². The molecule has 2 heterocycles. The minimum Gasteiger partial charge on any atom is -0.408 e. The Balaban J connectivity index is 1.78. The zero-order chi connectivity index (χ0) is 13.2. The summed E-state index contributed by atoms with van der Waals surface area (Å²) in [4.78, 5) is 2.43. The van der Waals surface area contributed by atoms with Gasteiger partial charge in [0.15, 0.2) is 0 Å². The molecule has 0 unspecified atom stereocenters. The second-order valence-corrected chi connectivity index (χ2v) is 6.15. The maximum absolute atomic E-state index is 5.59.